The van der Waals surface area contributed by atoms with Gasteiger partial charge in [-0.1, -0.05) is 30.3 Å². The van der Waals surface area contributed by atoms with Gasteiger partial charge in [-0.3, -0.25) is 9.59 Å². The smallest absolute Gasteiger partial charge is 0.224 e. The van der Waals surface area contributed by atoms with Crippen LogP contribution in [0.4, 0.5) is 0 Å². The molecule has 24 heavy (non-hydrogen) atoms. The fourth-order valence-corrected chi connectivity index (χ4v) is 3.13. The Morgan fingerprint density at radius 1 is 1.25 bits per heavy atom. The van der Waals surface area contributed by atoms with Gasteiger partial charge < -0.3 is 15.0 Å². The van der Waals surface area contributed by atoms with Crippen LogP contribution in [0.15, 0.2) is 30.3 Å². The quantitative estimate of drug-likeness (QED) is 0.777. The number of rotatable bonds is 7. The molecule has 5 nitrogen and oxygen atoms in total. The fourth-order valence-electron chi connectivity index (χ4n) is 3.13. The summed E-state index contributed by atoms with van der Waals surface area (Å²) in [5.74, 6) is 0.0549. The van der Waals surface area contributed by atoms with Crippen molar-refractivity contribution in [3.05, 3.63) is 35.9 Å². The Balaban J connectivity index is 1.85. The van der Waals surface area contributed by atoms with Crippen LogP contribution in [0.5, 0.6) is 0 Å². The van der Waals surface area contributed by atoms with E-state index < -0.39 is 0 Å². The minimum Gasteiger partial charge on any atom is -0.383 e. The summed E-state index contributed by atoms with van der Waals surface area (Å²) in [5.41, 5.74) is 1.17. The predicted octanol–water partition coefficient (Wildman–Crippen LogP) is 2.01. The first-order valence-electron chi connectivity index (χ1n) is 8.72. The molecule has 0 saturated carbocycles. The summed E-state index contributed by atoms with van der Waals surface area (Å²) < 4.78 is 4.95. The van der Waals surface area contributed by atoms with Gasteiger partial charge in [0.05, 0.1) is 12.5 Å². The predicted molar refractivity (Wildman–Crippen MR) is 93.5 cm³/mol. The molecule has 1 aromatic carbocycles. The van der Waals surface area contributed by atoms with Crippen LogP contribution < -0.4 is 5.32 Å². The van der Waals surface area contributed by atoms with Crippen LogP contribution in [0.2, 0.25) is 0 Å². The lowest BCUT2D eigenvalue weighted by Crippen LogP contribution is -2.49. The summed E-state index contributed by atoms with van der Waals surface area (Å²) in [6.07, 6.45) is 2.95. The Morgan fingerprint density at radius 3 is 2.71 bits per heavy atom. The van der Waals surface area contributed by atoms with Gasteiger partial charge in [0.2, 0.25) is 11.8 Å². The number of methoxy groups -OCH3 is 1. The zero-order valence-corrected chi connectivity index (χ0v) is 14.7. The average Bonchev–Trinajstić information content (AvgIpc) is 2.61. The van der Waals surface area contributed by atoms with Crippen LogP contribution in [-0.2, 0) is 20.7 Å². The highest BCUT2D eigenvalue weighted by atomic mass is 16.5. The van der Waals surface area contributed by atoms with Crippen LogP contribution in [-0.4, -0.2) is 49.6 Å². The molecule has 1 aliphatic heterocycles. The van der Waals surface area contributed by atoms with Crippen molar-refractivity contribution in [1.82, 2.24) is 10.2 Å². The van der Waals surface area contributed by atoms with Crippen LogP contribution in [0, 0.1) is 5.92 Å². The van der Waals surface area contributed by atoms with Crippen molar-refractivity contribution in [3.63, 3.8) is 0 Å². The number of carbonyl (C=O) groups excluding carboxylic acids is 2. The van der Waals surface area contributed by atoms with Gasteiger partial charge in [-0.05, 0) is 31.7 Å². The molecule has 0 aromatic heterocycles. The van der Waals surface area contributed by atoms with E-state index >= 15 is 0 Å². The monoisotopic (exact) mass is 332 g/mol. The second kappa shape index (κ2) is 9.42. The number of carbonyl (C=O) groups is 2. The van der Waals surface area contributed by atoms with Crippen LogP contribution in [0.25, 0.3) is 0 Å². The molecule has 1 aromatic rings. The molecule has 0 bridgehead atoms. The van der Waals surface area contributed by atoms with Gasteiger partial charge in [-0.15, -0.1) is 0 Å². The second-order valence-electron chi connectivity index (χ2n) is 6.44. The molecule has 0 radical (unpaired) electrons. The highest BCUT2D eigenvalue weighted by molar-refractivity contribution is 5.81. The molecule has 2 atom stereocenters. The molecule has 0 aliphatic carbocycles. The van der Waals surface area contributed by atoms with E-state index in [9.17, 15) is 9.59 Å². The zero-order chi connectivity index (χ0) is 17.4. The average molecular weight is 332 g/mol. The molecule has 1 fully saturated rings. The van der Waals surface area contributed by atoms with Gasteiger partial charge in [0.15, 0.2) is 0 Å². The minimum absolute atomic E-state index is 0.0276. The van der Waals surface area contributed by atoms with E-state index in [4.69, 9.17) is 4.74 Å². The number of nitrogens with zero attached hydrogens (tertiary/aromatic N) is 1. The molecule has 1 saturated heterocycles. The number of aryl methyl sites for hydroxylation is 1. The van der Waals surface area contributed by atoms with Gasteiger partial charge in [0.1, 0.15) is 0 Å². The molecule has 0 unspecified atom stereocenters. The lowest BCUT2D eigenvalue weighted by molar-refractivity contribution is -0.138. The van der Waals surface area contributed by atoms with E-state index in [1.54, 1.807) is 7.11 Å². The lowest BCUT2D eigenvalue weighted by Gasteiger charge is -2.37. The van der Waals surface area contributed by atoms with E-state index in [2.05, 4.69) is 12.2 Å². The van der Waals surface area contributed by atoms with E-state index in [1.807, 2.05) is 35.2 Å². The third-order valence-electron chi connectivity index (χ3n) is 4.65. The third-order valence-corrected chi connectivity index (χ3v) is 4.65. The number of ether oxygens (including phenoxy) is 1. The zero-order valence-electron chi connectivity index (χ0n) is 14.7. The SMILES string of the molecule is COCCNC(=O)[C@@H]1CC[C@H](C)N(C(=O)CCc2ccccc2)C1. The maximum absolute atomic E-state index is 12.6. The normalized spacial score (nSPS) is 20.7. The summed E-state index contributed by atoms with van der Waals surface area (Å²) in [5, 5.41) is 2.88. The van der Waals surface area contributed by atoms with Crippen molar-refractivity contribution in [3.8, 4) is 0 Å². The highest BCUT2D eigenvalue weighted by Crippen LogP contribution is 2.23. The van der Waals surface area contributed by atoms with E-state index in [0.29, 0.717) is 26.1 Å². The molecule has 1 aliphatic rings. The van der Waals surface area contributed by atoms with Crippen molar-refractivity contribution in [2.24, 2.45) is 5.92 Å². The van der Waals surface area contributed by atoms with Crippen LogP contribution in [0.1, 0.15) is 31.7 Å². The molecule has 132 valence electrons. The first kappa shape index (κ1) is 18.5. The molecule has 2 amide bonds. The molecular weight excluding hydrogens is 304 g/mol. The molecule has 1 N–H and O–H groups in total. The number of likely N-dealkylation sites (tertiary alicyclic amines) is 1. The number of piperidine rings is 1. The van der Waals surface area contributed by atoms with Gasteiger partial charge >= 0.3 is 0 Å². The number of nitrogens with one attached hydrogen (secondary N) is 1. The Kier molecular flexibility index (Phi) is 7.25. The maximum Gasteiger partial charge on any atom is 0.224 e. The van der Waals surface area contributed by atoms with Crippen LogP contribution in [0.3, 0.4) is 0 Å². The summed E-state index contributed by atoms with van der Waals surface area (Å²) >= 11 is 0. The minimum atomic E-state index is -0.112. The second-order valence-corrected chi connectivity index (χ2v) is 6.44. The van der Waals surface area contributed by atoms with Crippen LogP contribution >= 0.6 is 0 Å². The Hall–Kier alpha value is -1.88. The Morgan fingerprint density at radius 2 is 2.00 bits per heavy atom. The molecular formula is C19H28N2O3. The molecule has 1 heterocycles. The number of benzene rings is 1. The van der Waals surface area contributed by atoms with Crippen molar-refractivity contribution in [2.45, 2.75) is 38.6 Å². The first-order valence-corrected chi connectivity index (χ1v) is 8.72. The van der Waals surface area contributed by atoms with Crippen molar-refractivity contribution < 1.29 is 14.3 Å². The van der Waals surface area contributed by atoms with Gasteiger partial charge in [-0.2, -0.15) is 0 Å². The van der Waals surface area contributed by atoms with Gasteiger partial charge in [-0.25, -0.2) is 0 Å². The summed E-state index contributed by atoms with van der Waals surface area (Å²) in [6, 6.07) is 10.2. The number of hydrogen-bond acceptors (Lipinski definition) is 3. The summed E-state index contributed by atoms with van der Waals surface area (Å²) in [7, 11) is 1.61. The van der Waals surface area contributed by atoms with Gasteiger partial charge in [0, 0.05) is 32.7 Å². The molecule has 5 heteroatoms. The van der Waals surface area contributed by atoms with E-state index in [1.165, 1.54) is 5.56 Å². The Bertz CT molecular complexity index is 533. The summed E-state index contributed by atoms with van der Waals surface area (Å²) in [6.45, 7) is 3.62. The molecule has 0 spiro atoms. The third kappa shape index (κ3) is 5.34. The Labute approximate surface area is 144 Å². The van der Waals surface area contributed by atoms with Crippen molar-refractivity contribution in [1.29, 1.82) is 0 Å². The fraction of sp³-hybridized carbons (Fsp3) is 0.579. The first-order chi connectivity index (χ1) is 11.6. The lowest BCUT2D eigenvalue weighted by atomic mass is 9.92. The van der Waals surface area contributed by atoms with E-state index in [-0.39, 0.29) is 23.8 Å². The number of hydrogen-bond donors (Lipinski definition) is 1. The van der Waals surface area contributed by atoms with Gasteiger partial charge in [0.25, 0.3) is 0 Å². The highest BCUT2D eigenvalue weighted by Gasteiger charge is 2.32. The van der Waals surface area contributed by atoms with Crippen molar-refractivity contribution >= 4 is 11.8 Å². The standard InChI is InChI=1S/C19H28N2O3/c1-15-8-10-17(19(23)20-12-13-24-2)14-21(15)18(22)11-9-16-6-4-3-5-7-16/h3-7,15,17H,8-14H2,1-2H3,(H,20,23)/t15-,17+/m0/s1. The largest absolute Gasteiger partial charge is 0.383 e. The number of amides is 2. The maximum atomic E-state index is 12.6. The molecule has 2 rings (SSSR count). The van der Waals surface area contributed by atoms with Crippen molar-refractivity contribution in [2.75, 3.05) is 26.8 Å². The summed E-state index contributed by atoms with van der Waals surface area (Å²) in [4.78, 5) is 26.7. The topological polar surface area (TPSA) is 58.6 Å². The van der Waals surface area contributed by atoms with E-state index in [0.717, 1.165) is 19.3 Å².